The summed E-state index contributed by atoms with van der Waals surface area (Å²) in [5.74, 6) is -1.48. The molecule has 0 unspecified atom stereocenters. The van der Waals surface area contributed by atoms with Gasteiger partial charge in [-0.05, 0) is 18.8 Å². The molecular weight excluding hydrogens is 223 g/mol. The van der Waals surface area contributed by atoms with Crippen molar-refractivity contribution in [2.24, 2.45) is 5.92 Å². The molecule has 92 valence electrons. The first-order valence-corrected chi connectivity index (χ1v) is 5.91. The number of nitrogens with zero attached hydrogens (tertiary/aromatic N) is 2. The summed E-state index contributed by atoms with van der Waals surface area (Å²) < 4.78 is 13.7. The highest BCUT2D eigenvalue weighted by molar-refractivity contribution is 5.85. The fourth-order valence-corrected chi connectivity index (χ4v) is 2.37. The van der Waals surface area contributed by atoms with Crippen LogP contribution in [0, 0.1) is 11.7 Å². The van der Waals surface area contributed by atoms with Crippen molar-refractivity contribution < 1.29 is 14.3 Å². The third kappa shape index (κ3) is 2.78. The summed E-state index contributed by atoms with van der Waals surface area (Å²) >= 11 is 0. The monoisotopic (exact) mass is 238 g/mol. The van der Waals surface area contributed by atoms with Crippen molar-refractivity contribution in [1.82, 2.24) is 9.97 Å². The molecule has 1 saturated carbocycles. The van der Waals surface area contributed by atoms with Crippen molar-refractivity contribution in [3.63, 3.8) is 0 Å². The number of carboxylic acid groups (broad SMARTS) is 1. The SMILES string of the molecule is O=C(O)c1ncnc(CCC2CCCC2)c1F. The zero-order chi connectivity index (χ0) is 12.3. The molecule has 2 rings (SSSR count). The van der Waals surface area contributed by atoms with Gasteiger partial charge in [-0.25, -0.2) is 19.2 Å². The van der Waals surface area contributed by atoms with Crippen LogP contribution < -0.4 is 0 Å². The van der Waals surface area contributed by atoms with E-state index in [1.54, 1.807) is 0 Å². The van der Waals surface area contributed by atoms with E-state index < -0.39 is 17.5 Å². The maximum Gasteiger partial charge on any atom is 0.357 e. The first-order chi connectivity index (χ1) is 8.18. The number of halogens is 1. The van der Waals surface area contributed by atoms with E-state index in [0.29, 0.717) is 12.3 Å². The second-order valence-electron chi connectivity index (χ2n) is 4.48. The first-order valence-electron chi connectivity index (χ1n) is 5.91. The zero-order valence-electron chi connectivity index (χ0n) is 9.53. The van der Waals surface area contributed by atoms with Gasteiger partial charge < -0.3 is 5.11 Å². The van der Waals surface area contributed by atoms with Gasteiger partial charge in [-0.1, -0.05) is 25.7 Å². The molecular formula is C12H15FN2O2. The van der Waals surface area contributed by atoms with E-state index in [4.69, 9.17) is 5.11 Å². The molecule has 0 spiro atoms. The number of hydrogen-bond donors (Lipinski definition) is 1. The van der Waals surface area contributed by atoms with E-state index in [-0.39, 0.29) is 5.69 Å². The Kier molecular flexibility index (Phi) is 3.66. The van der Waals surface area contributed by atoms with Crippen molar-refractivity contribution in [1.29, 1.82) is 0 Å². The molecule has 0 aliphatic heterocycles. The summed E-state index contributed by atoms with van der Waals surface area (Å²) in [6.07, 6.45) is 7.38. The minimum atomic E-state index is -1.34. The number of aromatic nitrogens is 2. The highest BCUT2D eigenvalue weighted by Gasteiger charge is 2.19. The van der Waals surface area contributed by atoms with E-state index in [0.717, 1.165) is 12.7 Å². The smallest absolute Gasteiger partial charge is 0.357 e. The standard InChI is InChI=1S/C12H15FN2O2/c13-10-9(6-5-8-3-1-2-4-8)14-7-15-11(10)12(16)17/h7-8H,1-6H2,(H,16,17). The van der Waals surface area contributed by atoms with Gasteiger partial charge in [-0.3, -0.25) is 0 Å². The number of hydrogen-bond acceptors (Lipinski definition) is 3. The van der Waals surface area contributed by atoms with Crippen LogP contribution in [0.2, 0.25) is 0 Å². The van der Waals surface area contributed by atoms with Gasteiger partial charge in [0.1, 0.15) is 6.33 Å². The third-order valence-corrected chi connectivity index (χ3v) is 3.33. The largest absolute Gasteiger partial charge is 0.476 e. The van der Waals surface area contributed by atoms with Crippen LogP contribution in [0.15, 0.2) is 6.33 Å². The van der Waals surface area contributed by atoms with E-state index in [1.165, 1.54) is 25.7 Å². The summed E-state index contributed by atoms with van der Waals surface area (Å²) in [6, 6.07) is 0. The van der Waals surface area contributed by atoms with Gasteiger partial charge >= 0.3 is 5.97 Å². The Balaban J connectivity index is 2.04. The van der Waals surface area contributed by atoms with E-state index >= 15 is 0 Å². The third-order valence-electron chi connectivity index (χ3n) is 3.33. The summed E-state index contributed by atoms with van der Waals surface area (Å²) in [7, 11) is 0. The molecule has 1 N–H and O–H groups in total. The van der Waals surface area contributed by atoms with Crippen LogP contribution in [0.25, 0.3) is 0 Å². The molecule has 0 aromatic carbocycles. The van der Waals surface area contributed by atoms with Crippen molar-refractivity contribution in [2.45, 2.75) is 38.5 Å². The molecule has 0 atom stereocenters. The molecule has 1 fully saturated rings. The quantitative estimate of drug-likeness (QED) is 0.875. The average molecular weight is 238 g/mol. The summed E-state index contributed by atoms with van der Waals surface area (Å²) in [4.78, 5) is 18.0. The van der Waals surface area contributed by atoms with Crippen LogP contribution >= 0.6 is 0 Å². The Morgan fingerprint density at radius 2 is 2.12 bits per heavy atom. The van der Waals surface area contributed by atoms with Crippen LogP contribution in [-0.2, 0) is 6.42 Å². The predicted octanol–water partition coefficient (Wildman–Crippen LogP) is 2.44. The predicted molar refractivity (Wildman–Crippen MR) is 59.2 cm³/mol. The number of carboxylic acids is 1. The van der Waals surface area contributed by atoms with Crippen LogP contribution in [-0.4, -0.2) is 21.0 Å². The highest BCUT2D eigenvalue weighted by atomic mass is 19.1. The lowest BCUT2D eigenvalue weighted by molar-refractivity contribution is 0.0684. The molecule has 1 aromatic heterocycles. The molecule has 1 aliphatic rings. The lowest BCUT2D eigenvalue weighted by atomic mass is 10.0. The molecule has 0 bridgehead atoms. The van der Waals surface area contributed by atoms with Gasteiger partial charge in [0, 0.05) is 0 Å². The van der Waals surface area contributed by atoms with E-state index in [9.17, 15) is 9.18 Å². The van der Waals surface area contributed by atoms with Crippen molar-refractivity contribution in [2.75, 3.05) is 0 Å². The second kappa shape index (κ2) is 5.21. The molecule has 0 radical (unpaired) electrons. The van der Waals surface area contributed by atoms with Gasteiger partial charge in [0.2, 0.25) is 0 Å². The minimum absolute atomic E-state index is 0.226. The number of rotatable bonds is 4. The molecule has 1 aromatic rings. The van der Waals surface area contributed by atoms with Crippen molar-refractivity contribution in [3.8, 4) is 0 Å². The highest BCUT2D eigenvalue weighted by Crippen LogP contribution is 2.28. The molecule has 0 saturated heterocycles. The van der Waals surface area contributed by atoms with Gasteiger partial charge in [0.25, 0.3) is 0 Å². The fourth-order valence-electron chi connectivity index (χ4n) is 2.37. The maximum absolute atomic E-state index is 13.7. The summed E-state index contributed by atoms with van der Waals surface area (Å²) in [5.41, 5.74) is -0.300. The van der Waals surface area contributed by atoms with E-state index in [2.05, 4.69) is 9.97 Å². The average Bonchev–Trinajstić information content (AvgIpc) is 2.80. The lowest BCUT2D eigenvalue weighted by Gasteiger charge is -2.08. The van der Waals surface area contributed by atoms with E-state index in [1.807, 2.05) is 0 Å². The fraction of sp³-hybridized carbons (Fsp3) is 0.583. The Morgan fingerprint density at radius 1 is 1.41 bits per heavy atom. The Bertz CT molecular complexity index is 417. The van der Waals surface area contributed by atoms with Gasteiger partial charge in [0.15, 0.2) is 11.5 Å². The zero-order valence-corrected chi connectivity index (χ0v) is 9.53. The Morgan fingerprint density at radius 3 is 2.76 bits per heavy atom. The van der Waals surface area contributed by atoms with Crippen LogP contribution in [0.5, 0.6) is 0 Å². The van der Waals surface area contributed by atoms with Gasteiger partial charge in [0.05, 0.1) is 5.69 Å². The Hall–Kier alpha value is -1.52. The second-order valence-corrected chi connectivity index (χ2v) is 4.48. The Labute approximate surface area is 98.9 Å². The molecule has 0 amide bonds. The minimum Gasteiger partial charge on any atom is -0.476 e. The van der Waals surface area contributed by atoms with Crippen LogP contribution in [0.4, 0.5) is 4.39 Å². The summed E-state index contributed by atoms with van der Waals surface area (Å²) in [6.45, 7) is 0. The molecule has 5 heteroatoms. The van der Waals surface area contributed by atoms with Gasteiger partial charge in [-0.15, -0.1) is 0 Å². The normalized spacial score (nSPS) is 16.3. The molecule has 4 nitrogen and oxygen atoms in total. The topological polar surface area (TPSA) is 63.1 Å². The van der Waals surface area contributed by atoms with Crippen LogP contribution in [0.1, 0.15) is 48.3 Å². The molecule has 1 aliphatic carbocycles. The summed E-state index contributed by atoms with van der Waals surface area (Å²) in [5, 5.41) is 8.74. The maximum atomic E-state index is 13.7. The van der Waals surface area contributed by atoms with Crippen molar-refractivity contribution >= 4 is 5.97 Å². The first kappa shape index (κ1) is 12.0. The number of aryl methyl sites for hydroxylation is 1. The number of aromatic carboxylic acids is 1. The lowest BCUT2D eigenvalue weighted by Crippen LogP contribution is -2.09. The van der Waals surface area contributed by atoms with Crippen molar-refractivity contribution in [3.05, 3.63) is 23.5 Å². The molecule has 1 heterocycles. The van der Waals surface area contributed by atoms with Gasteiger partial charge in [-0.2, -0.15) is 0 Å². The molecule has 17 heavy (non-hydrogen) atoms. The van der Waals surface area contributed by atoms with Crippen LogP contribution in [0.3, 0.4) is 0 Å². The number of carbonyl (C=O) groups is 1.